The van der Waals surface area contributed by atoms with Crippen LogP contribution in [0.4, 0.5) is 16.5 Å². The van der Waals surface area contributed by atoms with Crippen molar-refractivity contribution in [1.82, 2.24) is 4.98 Å². The van der Waals surface area contributed by atoms with E-state index in [1.807, 2.05) is 29.8 Å². The molecule has 5 nitrogen and oxygen atoms in total. The van der Waals surface area contributed by atoms with Gasteiger partial charge in [0.25, 0.3) is 0 Å². The van der Waals surface area contributed by atoms with Crippen molar-refractivity contribution in [2.24, 2.45) is 0 Å². The summed E-state index contributed by atoms with van der Waals surface area (Å²) in [6, 6.07) is 5.70. The van der Waals surface area contributed by atoms with Crippen LogP contribution in [-0.4, -0.2) is 36.9 Å². The Bertz CT molecular complexity index is 633. The van der Waals surface area contributed by atoms with E-state index in [0.717, 1.165) is 37.0 Å². The molecule has 0 radical (unpaired) electrons. The molecule has 2 heterocycles. The molecule has 1 fully saturated rings. The Morgan fingerprint density at radius 2 is 1.95 bits per heavy atom. The van der Waals surface area contributed by atoms with E-state index in [1.54, 1.807) is 11.3 Å². The summed E-state index contributed by atoms with van der Waals surface area (Å²) >= 11 is 1.67. The van der Waals surface area contributed by atoms with Crippen LogP contribution in [0.5, 0.6) is 0 Å². The zero-order valence-corrected chi connectivity index (χ0v) is 12.8. The molecular formula is C15H18N4OS. The summed E-state index contributed by atoms with van der Waals surface area (Å²) in [5, 5.41) is 3.09. The molecule has 1 aromatic carbocycles. The van der Waals surface area contributed by atoms with Crippen molar-refractivity contribution < 1.29 is 4.79 Å². The van der Waals surface area contributed by atoms with E-state index in [-0.39, 0.29) is 5.78 Å². The summed E-state index contributed by atoms with van der Waals surface area (Å²) in [7, 11) is 0. The number of benzene rings is 1. The first kappa shape index (κ1) is 13.9. The van der Waals surface area contributed by atoms with E-state index in [1.165, 1.54) is 6.92 Å². The van der Waals surface area contributed by atoms with Gasteiger partial charge in [0.15, 0.2) is 10.9 Å². The van der Waals surface area contributed by atoms with Gasteiger partial charge in [-0.05, 0) is 25.1 Å². The monoisotopic (exact) mass is 302 g/mol. The number of aromatic nitrogens is 1. The zero-order valence-electron chi connectivity index (χ0n) is 12.0. The number of rotatable bonds is 3. The maximum atomic E-state index is 11.4. The summed E-state index contributed by atoms with van der Waals surface area (Å²) in [4.78, 5) is 20.4. The van der Waals surface area contributed by atoms with E-state index in [0.29, 0.717) is 11.3 Å². The van der Waals surface area contributed by atoms with E-state index in [4.69, 9.17) is 5.73 Å². The molecule has 0 spiro atoms. The van der Waals surface area contributed by atoms with Crippen LogP contribution in [0.15, 0.2) is 29.8 Å². The lowest BCUT2D eigenvalue weighted by Crippen LogP contribution is -2.46. The van der Waals surface area contributed by atoms with Crippen LogP contribution in [-0.2, 0) is 0 Å². The molecule has 2 aromatic rings. The fourth-order valence-corrected chi connectivity index (χ4v) is 3.29. The summed E-state index contributed by atoms with van der Waals surface area (Å²) in [5.41, 5.74) is 8.20. The Hall–Kier alpha value is -2.08. The molecule has 6 heteroatoms. The van der Waals surface area contributed by atoms with Gasteiger partial charge in [-0.3, -0.25) is 4.79 Å². The normalized spacial score (nSPS) is 15.3. The van der Waals surface area contributed by atoms with Crippen LogP contribution in [0.2, 0.25) is 0 Å². The van der Waals surface area contributed by atoms with E-state index < -0.39 is 0 Å². The largest absolute Gasteiger partial charge is 0.398 e. The van der Waals surface area contributed by atoms with Gasteiger partial charge in [-0.25, -0.2) is 4.98 Å². The van der Waals surface area contributed by atoms with Gasteiger partial charge >= 0.3 is 0 Å². The van der Waals surface area contributed by atoms with Gasteiger partial charge in [-0.15, -0.1) is 11.3 Å². The predicted octanol–water partition coefficient (Wildman–Crippen LogP) is 2.25. The number of carbonyl (C=O) groups is 1. The Balaban J connectivity index is 1.69. The second kappa shape index (κ2) is 5.73. The number of hydrogen-bond donors (Lipinski definition) is 1. The number of Topliss-reactive ketones (excluding diaryl/α,β-unsaturated/α-hetero) is 1. The Morgan fingerprint density at radius 1 is 1.24 bits per heavy atom. The minimum Gasteiger partial charge on any atom is -0.398 e. The van der Waals surface area contributed by atoms with Crippen molar-refractivity contribution in [3.05, 3.63) is 35.3 Å². The van der Waals surface area contributed by atoms with Crippen molar-refractivity contribution in [2.75, 3.05) is 41.7 Å². The Morgan fingerprint density at radius 3 is 2.52 bits per heavy atom. The number of nitrogen functional groups attached to an aromatic ring is 1. The average Bonchev–Trinajstić information content (AvgIpc) is 3.01. The van der Waals surface area contributed by atoms with Crippen molar-refractivity contribution in [1.29, 1.82) is 0 Å². The van der Waals surface area contributed by atoms with Crippen LogP contribution in [0.3, 0.4) is 0 Å². The lowest BCUT2D eigenvalue weighted by molar-refractivity contribution is 0.101. The molecule has 1 aliphatic heterocycles. The summed E-state index contributed by atoms with van der Waals surface area (Å²) in [6.07, 6.45) is 1.84. The molecular weight excluding hydrogens is 284 g/mol. The van der Waals surface area contributed by atoms with Crippen molar-refractivity contribution in [3.63, 3.8) is 0 Å². The highest BCUT2D eigenvalue weighted by Crippen LogP contribution is 2.25. The molecule has 3 rings (SSSR count). The van der Waals surface area contributed by atoms with Crippen molar-refractivity contribution in [3.8, 4) is 0 Å². The molecule has 0 bridgehead atoms. The summed E-state index contributed by atoms with van der Waals surface area (Å²) in [6.45, 7) is 5.29. The number of piperazine rings is 1. The number of ketones is 1. The summed E-state index contributed by atoms with van der Waals surface area (Å²) in [5.74, 6) is 0.00707. The van der Waals surface area contributed by atoms with Gasteiger partial charge in [0.1, 0.15) is 0 Å². The molecule has 0 amide bonds. The first-order chi connectivity index (χ1) is 10.1. The smallest absolute Gasteiger partial charge is 0.185 e. The van der Waals surface area contributed by atoms with Crippen LogP contribution < -0.4 is 15.5 Å². The highest BCUT2D eigenvalue weighted by Gasteiger charge is 2.19. The van der Waals surface area contributed by atoms with Crippen molar-refractivity contribution >= 4 is 33.6 Å². The van der Waals surface area contributed by atoms with Gasteiger partial charge in [0.05, 0.1) is 0 Å². The standard InChI is InChI=1S/C15H18N4OS/c1-11(20)13-3-2-12(10-14(13)16)18-5-7-19(8-6-18)15-17-4-9-21-15/h2-4,9-10H,5-8,16H2,1H3. The van der Waals surface area contributed by atoms with E-state index >= 15 is 0 Å². The topological polar surface area (TPSA) is 62.5 Å². The lowest BCUT2D eigenvalue weighted by Gasteiger charge is -2.36. The Kier molecular flexibility index (Phi) is 3.79. The molecule has 21 heavy (non-hydrogen) atoms. The number of nitrogens with zero attached hydrogens (tertiary/aromatic N) is 3. The number of anilines is 3. The van der Waals surface area contributed by atoms with Gasteiger partial charge in [-0.1, -0.05) is 0 Å². The molecule has 1 aliphatic rings. The van der Waals surface area contributed by atoms with Crippen LogP contribution in [0.25, 0.3) is 0 Å². The highest BCUT2D eigenvalue weighted by molar-refractivity contribution is 7.13. The molecule has 1 saturated heterocycles. The second-order valence-corrected chi connectivity index (χ2v) is 5.99. The van der Waals surface area contributed by atoms with E-state index in [9.17, 15) is 4.79 Å². The first-order valence-corrected chi connectivity index (χ1v) is 7.83. The molecule has 0 aliphatic carbocycles. The lowest BCUT2D eigenvalue weighted by atomic mass is 10.1. The Labute approximate surface area is 128 Å². The maximum Gasteiger partial charge on any atom is 0.185 e. The maximum absolute atomic E-state index is 11.4. The number of carbonyl (C=O) groups excluding carboxylic acids is 1. The minimum atomic E-state index is 0.00707. The molecule has 2 N–H and O–H groups in total. The third-order valence-corrected chi connectivity index (χ3v) is 4.58. The van der Waals surface area contributed by atoms with Gasteiger partial charge in [0.2, 0.25) is 0 Å². The van der Waals surface area contributed by atoms with Crippen LogP contribution >= 0.6 is 11.3 Å². The fourth-order valence-electron chi connectivity index (χ4n) is 2.60. The van der Waals surface area contributed by atoms with Gasteiger partial charge in [-0.2, -0.15) is 0 Å². The van der Waals surface area contributed by atoms with Gasteiger partial charge < -0.3 is 15.5 Å². The summed E-state index contributed by atoms with van der Waals surface area (Å²) < 4.78 is 0. The van der Waals surface area contributed by atoms with Crippen LogP contribution in [0.1, 0.15) is 17.3 Å². The quantitative estimate of drug-likeness (QED) is 0.696. The molecule has 0 unspecified atom stereocenters. The number of nitrogens with two attached hydrogens (primary N) is 1. The van der Waals surface area contributed by atoms with Crippen LogP contribution in [0, 0.1) is 0 Å². The van der Waals surface area contributed by atoms with E-state index in [2.05, 4.69) is 14.8 Å². The average molecular weight is 302 g/mol. The highest BCUT2D eigenvalue weighted by atomic mass is 32.1. The number of thiazole rings is 1. The second-order valence-electron chi connectivity index (χ2n) is 5.12. The fraction of sp³-hybridized carbons (Fsp3) is 0.333. The predicted molar refractivity (Wildman–Crippen MR) is 87.4 cm³/mol. The SMILES string of the molecule is CC(=O)c1ccc(N2CCN(c3nccs3)CC2)cc1N. The first-order valence-electron chi connectivity index (χ1n) is 6.95. The molecule has 0 atom stereocenters. The third kappa shape index (κ3) is 2.85. The molecule has 110 valence electrons. The third-order valence-electron chi connectivity index (χ3n) is 3.75. The number of hydrogen-bond acceptors (Lipinski definition) is 6. The molecule has 0 saturated carbocycles. The van der Waals surface area contributed by atoms with Crippen molar-refractivity contribution in [2.45, 2.75) is 6.92 Å². The minimum absolute atomic E-state index is 0.00707. The zero-order chi connectivity index (χ0) is 14.8. The molecule has 1 aromatic heterocycles. The van der Waals surface area contributed by atoms with Gasteiger partial charge in [0, 0.05) is 54.7 Å².